The number of hydrogen-bond acceptors (Lipinski definition) is 4. The highest BCUT2D eigenvalue weighted by Gasteiger charge is 2.14. The Morgan fingerprint density at radius 2 is 1.36 bits per heavy atom. The van der Waals surface area contributed by atoms with E-state index in [9.17, 15) is 4.79 Å². The molecule has 0 fully saturated rings. The molecule has 3 aromatic carbocycles. The molecule has 5 heteroatoms. The molecule has 4 aromatic rings. The number of rotatable bonds is 4. The number of fused-ring (bicyclic) bond motifs is 1. The molecule has 0 saturated heterocycles. The fraction of sp³-hybridized carbons (Fsp3) is 0.0870. The topological polar surface area (TPSA) is 66.9 Å². The van der Waals surface area contributed by atoms with Crippen LogP contribution in [-0.2, 0) is 0 Å². The molecular weight excluding hydrogens is 348 g/mol. The van der Waals surface area contributed by atoms with Gasteiger partial charge in [-0.3, -0.25) is 4.79 Å². The van der Waals surface area contributed by atoms with E-state index in [4.69, 9.17) is 0 Å². The van der Waals surface area contributed by atoms with Gasteiger partial charge in [0.1, 0.15) is 5.82 Å². The smallest absolute Gasteiger partial charge is 0.293 e. The van der Waals surface area contributed by atoms with Crippen LogP contribution in [0.3, 0.4) is 0 Å². The van der Waals surface area contributed by atoms with Gasteiger partial charge < -0.3 is 10.6 Å². The molecule has 2 N–H and O–H groups in total. The van der Waals surface area contributed by atoms with Crippen LogP contribution in [0.1, 0.15) is 21.7 Å². The summed E-state index contributed by atoms with van der Waals surface area (Å²) in [5.41, 5.74) is 4.63. The summed E-state index contributed by atoms with van der Waals surface area (Å²) >= 11 is 0. The van der Waals surface area contributed by atoms with Gasteiger partial charge in [-0.25, -0.2) is 9.97 Å². The summed E-state index contributed by atoms with van der Waals surface area (Å²) in [6.07, 6.45) is 0. The standard InChI is InChI=1S/C23H20N4O/c1-15-7-11-17(12-8-15)24-21-19-5-3-4-6-20(19)26-22(27-21)23(28)25-18-13-9-16(2)10-14-18/h3-14H,1-2H3,(H,25,28)(H,24,26,27). The molecule has 0 aliphatic rings. The normalized spacial score (nSPS) is 10.6. The molecule has 1 heterocycles. The molecule has 1 aromatic heterocycles. The number of amides is 1. The number of para-hydroxylation sites is 1. The first kappa shape index (κ1) is 17.7. The first-order valence-corrected chi connectivity index (χ1v) is 9.07. The van der Waals surface area contributed by atoms with Gasteiger partial charge in [-0.05, 0) is 50.2 Å². The quantitative estimate of drug-likeness (QED) is 0.517. The van der Waals surface area contributed by atoms with E-state index in [-0.39, 0.29) is 11.7 Å². The highest BCUT2D eigenvalue weighted by Crippen LogP contribution is 2.24. The lowest BCUT2D eigenvalue weighted by atomic mass is 10.2. The molecule has 28 heavy (non-hydrogen) atoms. The van der Waals surface area contributed by atoms with Crippen molar-refractivity contribution in [3.8, 4) is 0 Å². The molecule has 0 bridgehead atoms. The maximum Gasteiger partial charge on any atom is 0.293 e. The summed E-state index contributed by atoms with van der Waals surface area (Å²) in [5.74, 6) is 0.374. The lowest BCUT2D eigenvalue weighted by molar-refractivity contribution is 0.101. The Hall–Kier alpha value is -3.73. The predicted molar refractivity (Wildman–Crippen MR) is 113 cm³/mol. The van der Waals surface area contributed by atoms with Gasteiger partial charge in [0.15, 0.2) is 0 Å². The van der Waals surface area contributed by atoms with Crippen molar-refractivity contribution in [1.29, 1.82) is 0 Å². The van der Waals surface area contributed by atoms with Crippen molar-refractivity contribution in [2.45, 2.75) is 13.8 Å². The zero-order valence-electron chi connectivity index (χ0n) is 15.7. The van der Waals surface area contributed by atoms with Crippen LogP contribution < -0.4 is 10.6 Å². The third-order valence-corrected chi connectivity index (χ3v) is 4.43. The van der Waals surface area contributed by atoms with Gasteiger partial charge >= 0.3 is 0 Å². The summed E-state index contributed by atoms with van der Waals surface area (Å²) < 4.78 is 0. The van der Waals surface area contributed by atoms with Gasteiger partial charge in [0.05, 0.1) is 5.52 Å². The average Bonchev–Trinajstić information content (AvgIpc) is 2.71. The van der Waals surface area contributed by atoms with Gasteiger partial charge in [0.25, 0.3) is 5.91 Å². The number of anilines is 3. The third kappa shape index (κ3) is 3.83. The summed E-state index contributed by atoms with van der Waals surface area (Å²) in [4.78, 5) is 21.7. The Morgan fingerprint density at radius 3 is 2.04 bits per heavy atom. The van der Waals surface area contributed by atoms with Crippen LogP contribution in [-0.4, -0.2) is 15.9 Å². The summed E-state index contributed by atoms with van der Waals surface area (Å²) in [7, 11) is 0. The van der Waals surface area contributed by atoms with Crippen LogP contribution in [0.5, 0.6) is 0 Å². The van der Waals surface area contributed by atoms with Crippen LogP contribution in [0.25, 0.3) is 10.9 Å². The van der Waals surface area contributed by atoms with Gasteiger partial charge in [-0.2, -0.15) is 0 Å². The van der Waals surface area contributed by atoms with E-state index in [1.807, 2.05) is 86.6 Å². The van der Waals surface area contributed by atoms with Crippen molar-refractivity contribution in [3.63, 3.8) is 0 Å². The highest BCUT2D eigenvalue weighted by atomic mass is 16.2. The SMILES string of the molecule is Cc1ccc(NC(=O)c2nc(Nc3ccc(C)cc3)c3ccccc3n2)cc1. The lowest BCUT2D eigenvalue weighted by Gasteiger charge is -2.11. The summed E-state index contributed by atoms with van der Waals surface area (Å²) in [5, 5.41) is 7.02. The molecule has 5 nitrogen and oxygen atoms in total. The maximum atomic E-state index is 12.7. The maximum absolute atomic E-state index is 12.7. The minimum Gasteiger partial charge on any atom is -0.340 e. The first-order chi connectivity index (χ1) is 13.6. The van der Waals surface area contributed by atoms with Crippen LogP contribution in [0.2, 0.25) is 0 Å². The Bertz CT molecular complexity index is 1140. The van der Waals surface area contributed by atoms with E-state index in [2.05, 4.69) is 20.6 Å². The number of nitrogens with zero attached hydrogens (tertiary/aromatic N) is 2. The fourth-order valence-corrected chi connectivity index (χ4v) is 2.87. The molecular formula is C23H20N4O. The van der Waals surface area contributed by atoms with E-state index in [0.717, 1.165) is 16.6 Å². The van der Waals surface area contributed by atoms with Gasteiger partial charge in [-0.1, -0.05) is 47.5 Å². The first-order valence-electron chi connectivity index (χ1n) is 9.07. The number of aromatic nitrogens is 2. The van der Waals surface area contributed by atoms with Crippen LogP contribution in [0, 0.1) is 13.8 Å². The molecule has 0 saturated carbocycles. The third-order valence-electron chi connectivity index (χ3n) is 4.43. The van der Waals surface area contributed by atoms with Crippen molar-refractivity contribution in [2.75, 3.05) is 10.6 Å². The number of carbonyl (C=O) groups excluding carboxylic acids is 1. The number of nitrogens with one attached hydrogen (secondary N) is 2. The average molecular weight is 368 g/mol. The molecule has 1 amide bonds. The second-order valence-corrected chi connectivity index (χ2v) is 6.72. The molecule has 0 spiro atoms. The second-order valence-electron chi connectivity index (χ2n) is 6.72. The van der Waals surface area contributed by atoms with E-state index in [0.29, 0.717) is 17.0 Å². The predicted octanol–water partition coefficient (Wildman–Crippen LogP) is 5.24. The summed E-state index contributed by atoms with van der Waals surface area (Å²) in [6, 6.07) is 23.3. The molecule has 0 unspecified atom stereocenters. The van der Waals surface area contributed by atoms with Crippen LogP contribution in [0.15, 0.2) is 72.8 Å². The number of hydrogen-bond donors (Lipinski definition) is 2. The zero-order valence-corrected chi connectivity index (χ0v) is 15.7. The van der Waals surface area contributed by atoms with E-state index in [1.165, 1.54) is 5.56 Å². The molecule has 0 radical (unpaired) electrons. The molecule has 0 aliphatic carbocycles. The van der Waals surface area contributed by atoms with Crippen molar-refractivity contribution < 1.29 is 4.79 Å². The second kappa shape index (κ2) is 7.48. The minimum atomic E-state index is -0.346. The van der Waals surface area contributed by atoms with Gasteiger partial charge in [0, 0.05) is 16.8 Å². The van der Waals surface area contributed by atoms with Crippen molar-refractivity contribution in [3.05, 3.63) is 89.7 Å². The van der Waals surface area contributed by atoms with Crippen molar-refractivity contribution >= 4 is 34.0 Å². The molecule has 4 rings (SSSR count). The summed E-state index contributed by atoms with van der Waals surface area (Å²) in [6.45, 7) is 4.04. The van der Waals surface area contributed by atoms with Gasteiger partial charge in [-0.15, -0.1) is 0 Å². The highest BCUT2D eigenvalue weighted by molar-refractivity contribution is 6.04. The Morgan fingerprint density at radius 1 is 0.750 bits per heavy atom. The van der Waals surface area contributed by atoms with Crippen LogP contribution >= 0.6 is 0 Å². The van der Waals surface area contributed by atoms with Crippen molar-refractivity contribution in [2.24, 2.45) is 0 Å². The number of carbonyl (C=O) groups is 1. The molecule has 0 atom stereocenters. The lowest BCUT2D eigenvalue weighted by Crippen LogP contribution is -2.16. The number of aryl methyl sites for hydroxylation is 2. The van der Waals surface area contributed by atoms with Crippen molar-refractivity contribution in [1.82, 2.24) is 9.97 Å². The molecule has 0 aliphatic heterocycles. The van der Waals surface area contributed by atoms with E-state index in [1.54, 1.807) is 0 Å². The largest absolute Gasteiger partial charge is 0.340 e. The number of benzene rings is 3. The minimum absolute atomic E-state index is 0.119. The fourth-order valence-electron chi connectivity index (χ4n) is 2.87. The van der Waals surface area contributed by atoms with Gasteiger partial charge in [0.2, 0.25) is 5.82 Å². The Kier molecular flexibility index (Phi) is 4.72. The molecule has 138 valence electrons. The van der Waals surface area contributed by atoms with E-state index < -0.39 is 0 Å². The van der Waals surface area contributed by atoms with E-state index >= 15 is 0 Å². The Balaban J connectivity index is 1.69. The van der Waals surface area contributed by atoms with Crippen LogP contribution in [0.4, 0.5) is 17.2 Å². The Labute approximate surface area is 163 Å². The zero-order chi connectivity index (χ0) is 19.5. The monoisotopic (exact) mass is 368 g/mol.